The zero-order valence-electron chi connectivity index (χ0n) is 41.8. The van der Waals surface area contributed by atoms with E-state index >= 15 is 0 Å². The Morgan fingerprint density at radius 1 is 0.350 bits per heavy atom. The molecule has 0 radical (unpaired) electrons. The fraction of sp³-hybridized carbons (Fsp3) is 0.963. The first-order valence-corrected chi connectivity index (χ1v) is 27.0. The third-order valence-electron chi connectivity index (χ3n) is 12.9. The second-order valence-corrected chi connectivity index (χ2v) is 19.2. The number of unbranched alkanes of at least 4 members (excludes halogenated alkanes) is 21. The molecule has 0 saturated carbocycles. The third kappa shape index (κ3) is 43.5. The van der Waals surface area contributed by atoms with Crippen molar-refractivity contribution in [3.8, 4) is 0 Å². The van der Waals surface area contributed by atoms with Gasteiger partial charge < -0.3 is 19.3 Å². The van der Waals surface area contributed by atoms with Gasteiger partial charge >= 0.3 is 11.9 Å². The van der Waals surface area contributed by atoms with Crippen LogP contribution >= 0.6 is 0 Å². The first-order chi connectivity index (χ1) is 29.4. The molecular formula is C54H108N2O4. The molecular weight excluding hydrogens is 741 g/mol. The van der Waals surface area contributed by atoms with Gasteiger partial charge in [-0.1, -0.05) is 195 Å². The molecule has 0 atom stereocenters. The molecule has 6 heteroatoms. The summed E-state index contributed by atoms with van der Waals surface area (Å²) in [5, 5.41) is 0. The Balaban J connectivity index is 4.03. The quantitative estimate of drug-likeness (QED) is 0.0449. The number of hydrogen-bond acceptors (Lipinski definition) is 6. The maximum absolute atomic E-state index is 12.3. The number of carbonyl (C=O) groups excluding carboxylic acids is 2. The molecule has 0 aliphatic rings. The second-order valence-electron chi connectivity index (χ2n) is 19.2. The summed E-state index contributed by atoms with van der Waals surface area (Å²) >= 11 is 0. The van der Waals surface area contributed by atoms with Crippen molar-refractivity contribution in [3.05, 3.63) is 0 Å². The zero-order valence-corrected chi connectivity index (χ0v) is 41.8. The first-order valence-electron chi connectivity index (χ1n) is 27.0. The van der Waals surface area contributed by atoms with E-state index in [0.29, 0.717) is 26.1 Å². The van der Waals surface area contributed by atoms with Gasteiger partial charge in [0.15, 0.2) is 0 Å². The van der Waals surface area contributed by atoms with Gasteiger partial charge in [0.1, 0.15) is 0 Å². The second kappa shape index (κ2) is 47.3. The summed E-state index contributed by atoms with van der Waals surface area (Å²) in [5.41, 5.74) is 0. The van der Waals surface area contributed by atoms with Crippen LogP contribution in [0.3, 0.4) is 0 Å². The molecule has 6 nitrogen and oxygen atoms in total. The van der Waals surface area contributed by atoms with Crippen LogP contribution in [0.25, 0.3) is 0 Å². The summed E-state index contributed by atoms with van der Waals surface area (Å²) in [5.74, 6) is 1.67. The molecule has 0 saturated heterocycles. The van der Waals surface area contributed by atoms with Gasteiger partial charge in [-0.2, -0.15) is 0 Å². The Bertz CT molecular complexity index is 800. The van der Waals surface area contributed by atoms with E-state index in [2.05, 4.69) is 51.6 Å². The molecule has 0 heterocycles. The van der Waals surface area contributed by atoms with E-state index < -0.39 is 0 Å². The van der Waals surface area contributed by atoms with Crippen molar-refractivity contribution in [2.24, 2.45) is 11.8 Å². The van der Waals surface area contributed by atoms with Gasteiger partial charge in [0.25, 0.3) is 0 Å². The molecule has 0 aliphatic heterocycles. The van der Waals surface area contributed by atoms with Crippen LogP contribution < -0.4 is 0 Å². The Morgan fingerprint density at radius 3 is 0.967 bits per heavy atom. The van der Waals surface area contributed by atoms with E-state index in [0.717, 1.165) is 50.4 Å². The SMILES string of the molecule is CCCCCC(CCCCC)CCCOC(=O)CCCCCCCCCN(CCCCCCCCCC(=O)OCCCC(CCCCC)CCCCC)CCCCN(C)C. The van der Waals surface area contributed by atoms with E-state index in [-0.39, 0.29) is 11.9 Å². The van der Waals surface area contributed by atoms with E-state index in [1.165, 1.54) is 219 Å². The maximum atomic E-state index is 12.3. The van der Waals surface area contributed by atoms with Crippen molar-refractivity contribution in [1.29, 1.82) is 0 Å². The smallest absolute Gasteiger partial charge is 0.305 e. The summed E-state index contributed by atoms with van der Waals surface area (Å²) in [6.45, 7) is 15.3. The number of rotatable bonds is 49. The molecule has 0 unspecified atom stereocenters. The number of nitrogens with zero attached hydrogens (tertiary/aromatic N) is 2. The van der Waals surface area contributed by atoms with Gasteiger partial charge in [0.05, 0.1) is 13.2 Å². The van der Waals surface area contributed by atoms with Crippen molar-refractivity contribution in [1.82, 2.24) is 9.80 Å². The fourth-order valence-electron chi connectivity index (χ4n) is 8.93. The Morgan fingerprint density at radius 2 is 0.633 bits per heavy atom. The van der Waals surface area contributed by atoms with Gasteiger partial charge in [-0.15, -0.1) is 0 Å². The standard InChI is InChI=1S/C54H108N2O4/c1-7-11-25-37-51(38-26-12-8-2)41-35-49-59-53(57)43-29-21-17-15-19-23-31-46-56(48-34-33-45-55(5)6)47-32-24-20-16-18-22-30-44-54(58)60-50-36-42-52(39-27-13-9-3)40-28-14-10-4/h51-52H,7-50H2,1-6H3. The van der Waals surface area contributed by atoms with Gasteiger partial charge in [-0.3, -0.25) is 9.59 Å². The summed E-state index contributed by atoms with van der Waals surface area (Å²) in [7, 11) is 4.36. The summed E-state index contributed by atoms with van der Waals surface area (Å²) in [6, 6.07) is 0. The van der Waals surface area contributed by atoms with Gasteiger partial charge in [-0.25, -0.2) is 0 Å². The molecule has 0 aromatic heterocycles. The molecule has 358 valence electrons. The predicted octanol–water partition coefficient (Wildman–Crippen LogP) is 16.1. The molecule has 60 heavy (non-hydrogen) atoms. The van der Waals surface area contributed by atoms with Crippen LogP contribution in [-0.2, 0) is 19.1 Å². The summed E-state index contributed by atoms with van der Waals surface area (Å²) in [4.78, 5) is 29.7. The Kier molecular flexibility index (Phi) is 46.4. The van der Waals surface area contributed by atoms with Crippen LogP contribution in [0.4, 0.5) is 0 Å². The van der Waals surface area contributed by atoms with Crippen molar-refractivity contribution >= 4 is 11.9 Å². The lowest BCUT2D eigenvalue weighted by Gasteiger charge is -2.23. The third-order valence-corrected chi connectivity index (χ3v) is 12.9. The number of esters is 2. The number of carbonyl (C=O) groups is 2. The van der Waals surface area contributed by atoms with Crippen molar-refractivity contribution in [2.45, 2.75) is 272 Å². The maximum Gasteiger partial charge on any atom is 0.305 e. The molecule has 0 fully saturated rings. The lowest BCUT2D eigenvalue weighted by molar-refractivity contribution is -0.144. The minimum Gasteiger partial charge on any atom is -0.466 e. The van der Waals surface area contributed by atoms with Crippen LogP contribution in [-0.4, -0.2) is 75.2 Å². The van der Waals surface area contributed by atoms with Crippen LogP contribution in [0, 0.1) is 11.8 Å². The highest BCUT2D eigenvalue weighted by Crippen LogP contribution is 2.24. The minimum atomic E-state index is 0.0167. The molecule has 0 aromatic carbocycles. The number of hydrogen-bond donors (Lipinski definition) is 0. The molecule has 0 rings (SSSR count). The highest BCUT2D eigenvalue weighted by molar-refractivity contribution is 5.69. The van der Waals surface area contributed by atoms with Crippen molar-refractivity contribution < 1.29 is 19.1 Å². The van der Waals surface area contributed by atoms with Gasteiger partial charge in [-0.05, 0) is 116 Å². The zero-order chi connectivity index (χ0) is 44.0. The van der Waals surface area contributed by atoms with Crippen molar-refractivity contribution in [3.63, 3.8) is 0 Å². The van der Waals surface area contributed by atoms with Gasteiger partial charge in [0, 0.05) is 12.8 Å². The molecule has 0 bridgehead atoms. The predicted molar refractivity (Wildman–Crippen MR) is 262 cm³/mol. The topological polar surface area (TPSA) is 59.1 Å². The van der Waals surface area contributed by atoms with Crippen LogP contribution in [0.1, 0.15) is 272 Å². The fourth-order valence-corrected chi connectivity index (χ4v) is 8.93. The lowest BCUT2D eigenvalue weighted by Crippen LogP contribution is -2.28. The molecule has 0 amide bonds. The van der Waals surface area contributed by atoms with Crippen LogP contribution in [0.15, 0.2) is 0 Å². The first kappa shape index (κ1) is 58.9. The van der Waals surface area contributed by atoms with E-state index in [1.807, 2.05) is 0 Å². The molecule has 0 N–H and O–H groups in total. The number of ether oxygens (including phenoxy) is 2. The normalized spacial score (nSPS) is 11.8. The molecule has 0 aromatic rings. The van der Waals surface area contributed by atoms with Crippen LogP contribution in [0.2, 0.25) is 0 Å². The lowest BCUT2D eigenvalue weighted by atomic mass is 9.91. The average molecular weight is 849 g/mol. The Labute approximate surface area is 376 Å². The van der Waals surface area contributed by atoms with Crippen LogP contribution in [0.5, 0.6) is 0 Å². The molecule has 0 spiro atoms. The largest absolute Gasteiger partial charge is 0.466 e. The summed E-state index contributed by atoms with van der Waals surface area (Å²) in [6.07, 6.45) is 46.8. The minimum absolute atomic E-state index is 0.0167. The van der Waals surface area contributed by atoms with E-state index in [9.17, 15) is 9.59 Å². The summed E-state index contributed by atoms with van der Waals surface area (Å²) < 4.78 is 11.2. The monoisotopic (exact) mass is 849 g/mol. The van der Waals surface area contributed by atoms with Gasteiger partial charge in [0.2, 0.25) is 0 Å². The van der Waals surface area contributed by atoms with Crippen molar-refractivity contribution in [2.75, 3.05) is 53.5 Å². The average Bonchev–Trinajstić information content (AvgIpc) is 3.23. The van der Waals surface area contributed by atoms with E-state index in [4.69, 9.17) is 9.47 Å². The highest BCUT2D eigenvalue weighted by atomic mass is 16.5. The highest BCUT2D eigenvalue weighted by Gasteiger charge is 2.12. The molecule has 0 aliphatic carbocycles. The van der Waals surface area contributed by atoms with E-state index in [1.54, 1.807) is 0 Å². The Hall–Kier alpha value is -1.14.